The Kier molecular flexibility index (Phi) is 4.97. The van der Waals surface area contributed by atoms with E-state index in [1.807, 2.05) is 6.07 Å². The molecule has 1 aliphatic heterocycles. The monoisotopic (exact) mass is 381 g/mol. The van der Waals surface area contributed by atoms with Gasteiger partial charge in [-0.15, -0.1) is 0 Å². The molecule has 7 nitrogen and oxygen atoms in total. The molecule has 0 radical (unpaired) electrons. The molecule has 134 valence electrons. The number of hydrogen-bond donors (Lipinski definition) is 3. The first-order valence-corrected chi connectivity index (χ1v) is 9.86. The molecule has 0 spiro atoms. The lowest BCUT2D eigenvalue weighted by Crippen LogP contribution is -2.27. The molecule has 5 N–H and O–H groups in total. The molecule has 0 saturated carbocycles. The van der Waals surface area contributed by atoms with Crippen LogP contribution in [0.1, 0.15) is 30.0 Å². The van der Waals surface area contributed by atoms with Crippen LogP contribution in [0.25, 0.3) is 11.1 Å². The van der Waals surface area contributed by atoms with Gasteiger partial charge in [-0.2, -0.15) is 0 Å². The molecule has 0 atom stereocenters. The highest BCUT2D eigenvalue weighted by Gasteiger charge is 2.25. The van der Waals surface area contributed by atoms with Crippen molar-refractivity contribution >= 4 is 27.6 Å². The average Bonchev–Trinajstić information content (AvgIpc) is 2.55. The van der Waals surface area contributed by atoms with E-state index in [0.717, 1.165) is 31.5 Å². The summed E-state index contributed by atoms with van der Waals surface area (Å²) < 4.78 is 24.1. The molecule has 1 fully saturated rings. The Morgan fingerprint density at radius 3 is 2.56 bits per heavy atom. The lowest BCUT2D eigenvalue weighted by Gasteiger charge is -2.25. The molecule has 0 unspecified atom stereocenters. The van der Waals surface area contributed by atoms with Gasteiger partial charge in [-0.25, -0.2) is 23.5 Å². The predicted molar refractivity (Wildman–Crippen MR) is 97.8 cm³/mol. The van der Waals surface area contributed by atoms with Crippen molar-refractivity contribution in [3.8, 4) is 11.1 Å². The van der Waals surface area contributed by atoms with E-state index in [1.165, 1.54) is 6.07 Å². The van der Waals surface area contributed by atoms with Crippen LogP contribution in [0.4, 0.5) is 5.95 Å². The second-order valence-corrected chi connectivity index (χ2v) is 8.08. The van der Waals surface area contributed by atoms with Crippen LogP contribution in [0, 0.1) is 6.92 Å². The van der Waals surface area contributed by atoms with Gasteiger partial charge >= 0.3 is 0 Å². The second kappa shape index (κ2) is 6.87. The van der Waals surface area contributed by atoms with Gasteiger partial charge in [-0.3, -0.25) is 0 Å². The van der Waals surface area contributed by atoms with E-state index in [-0.39, 0.29) is 21.8 Å². The number of anilines is 1. The van der Waals surface area contributed by atoms with Crippen LogP contribution in [0.2, 0.25) is 5.02 Å². The Morgan fingerprint density at radius 1 is 1.28 bits per heavy atom. The van der Waals surface area contributed by atoms with Crippen molar-refractivity contribution in [2.75, 3.05) is 18.8 Å². The van der Waals surface area contributed by atoms with E-state index in [4.69, 9.17) is 22.5 Å². The summed E-state index contributed by atoms with van der Waals surface area (Å²) in [6.45, 7) is 3.52. The number of benzene rings is 1. The van der Waals surface area contributed by atoms with Crippen molar-refractivity contribution in [1.82, 2.24) is 15.3 Å². The maximum atomic E-state index is 12.0. The summed E-state index contributed by atoms with van der Waals surface area (Å²) in [6, 6.07) is 3.39. The maximum Gasteiger partial charge on any atom is 0.239 e. The van der Waals surface area contributed by atoms with E-state index >= 15 is 0 Å². The van der Waals surface area contributed by atoms with Crippen LogP contribution in [-0.2, 0) is 10.0 Å². The van der Waals surface area contributed by atoms with Crippen LogP contribution >= 0.6 is 11.6 Å². The summed E-state index contributed by atoms with van der Waals surface area (Å²) in [4.78, 5) is 8.09. The van der Waals surface area contributed by atoms with Crippen molar-refractivity contribution in [3.05, 3.63) is 34.6 Å². The number of halogens is 1. The van der Waals surface area contributed by atoms with Gasteiger partial charge in [-0.05, 0) is 62.0 Å². The summed E-state index contributed by atoms with van der Waals surface area (Å²) in [5.74, 6) is 0.338. The molecule has 0 aliphatic carbocycles. The van der Waals surface area contributed by atoms with Crippen molar-refractivity contribution in [2.24, 2.45) is 5.14 Å². The van der Waals surface area contributed by atoms with E-state index in [1.54, 1.807) is 13.1 Å². The average molecular weight is 382 g/mol. The molecule has 1 aromatic heterocycles. The lowest BCUT2D eigenvalue weighted by molar-refractivity contribution is 0.460. The van der Waals surface area contributed by atoms with E-state index in [2.05, 4.69) is 15.3 Å². The minimum Gasteiger partial charge on any atom is -0.368 e. The normalized spacial score (nSPS) is 16.1. The SMILES string of the molecule is Cc1nc(N)ncc1-c1cc(C2CCNCC2)c(Cl)c(S(N)(=O)=O)c1. The first-order chi connectivity index (χ1) is 11.8. The van der Waals surface area contributed by atoms with Gasteiger partial charge in [0.15, 0.2) is 0 Å². The van der Waals surface area contributed by atoms with E-state index in [9.17, 15) is 8.42 Å². The smallest absolute Gasteiger partial charge is 0.239 e. The minimum absolute atomic E-state index is 0.0728. The fraction of sp³-hybridized carbons (Fsp3) is 0.375. The third-order valence-electron chi connectivity index (χ3n) is 4.46. The van der Waals surface area contributed by atoms with Crippen LogP contribution in [0.3, 0.4) is 0 Å². The summed E-state index contributed by atoms with van der Waals surface area (Å²) in [5, 5.41) is 8.88. The first kappa shape index (κ1) is 18.1. The standard InChI is InChI=1S/C16H20ClN5O2S/c1-9-13(8-21-16(18)22-9)11-6-12(10-2-4-20-5-3-10)15(17)14(7-11)25(19,23)24/h6-8,10,20H,2-5H2,1H3,(H2,18,21,22)(H2,19,23,24). The molecule has 0 bridgehead atoms. The van der Waals surface area contributed by atoms with Crippen molar-refractivity contribution < 1.29 is 8.42 Å². The number of nitrogens with one attached hydrogen (secondary N) is 1. The highest BCUT2D eigenvalue weighted by atomic mass is 35.5. The molecule has 1 aliphatic rings. The van der Waals surface area contributed by atoms with E-state index < -0.39 is 10.0 Å². The van der Waals surface area contributed by atoms with E-state index in [0.29, 0.717) is 16.8 Å². The molecule has 2 aromatic rings. The number of aryl methyl sites for hydroxylation is 1. The van der Waals surface area contributed by atoms with Gasteiger partial charge in [0.05, 0.1) is 10.7 Å². The van der Waals surface area contributed by atoms with Gasteiger partial charge in [0.2, 0.25) is 16.0 Å². The third-order valence-corrected chi connectivity index (χ3v) is 5.93. The lowest BCUT2D eigenvalue weighted by atomic mass is 9.88. The Labute approximate surface area is 151 Å². The second-order valence-electron chi connectivity index (χ2n) is 6.17. The van der Waals surface area contributed by atoms with Gasteiger partial charge in [0.25, 0.3) is 0 Å². The number of aromatic nitrogens is 2. The number of hydrogen-bond acceptors (Lipinski definition) is 6. The fourth-order valence-corrected chi connectivity index (χ4v) is 4.43. The van der Waals surface area contributed by atoms with Gasteiger partial charge < -0.3 is 11.1 Å². The Bertz CT molecular complexity index is 911. The molecule has 9 heteroatoms. The fourth-order valence-electron chi connectivity index (χ4n) is 3.18. The van der Waals surface area contributed by atoms with Crippen molar-refractivity contribution in [2.45, 2.75) is 30.6 Å². The molecule has 2 heterocycles. The summed E-state index contributed by atoms with van der Waals surface area (Å²) >= 11 is 6.42. The zero-order valence-electron chi connectivity index (χ0n) is 13.8. The molecule has 1 aromatic carbocycles. The molecule has 1 saturated heterocycles. The quantitative estimate of drug-likeness (QED) is 0.744. The number of nitrogen functional groups attached to an aromatic ring is 1. The highest BCUT2D eigenvalue weighted by molar-refractivity contribution is 7.89. The van der Waals surface area contributed by atoms with Gasteiger partial charge in [0, 0.05) is 11.8 Å². The molecule has 25 heavy (non-hydrogen) atoms. The topological polar surface area (TPSA) is 124 Å². The third kappa shape index (κ3) is 3.77. The largest absolute Gasteiger partial charge is 0.368 e. The van der Waals surface area contributed by atoms with Crippen LogP contribution < -0.4 is 16.2 Å². The van der Waals surface area contributed by atoms with Crippen molar-refractivity contribution in [1.29, 1.82) is 0 Å². The maximum absolute atomic E-state index is 12.0. The molecule has 3 rings (SSSR count). The number of sulfonamides is 1. The first-order valence-electron chi connectivity index (χ1n) is 7.94. The number of rotatable bonds is 3. The predicted octanol–water partition coefficient (Wildman–Crippen LogP) is 1.80. The molecular formula is C16H20ClN5O2S. The number of nitrogens with two attached hydrogens (primary N) is 2. The van der Waals surface area contributed by atoms with Gasteiger partial charge in [0.1, 0.15) is 4.90 Å². The zero-order valence-corrected chi connectivity index (χ0v) is 15.4. The molecular weight excluding hydrogens is 362 g/mol. The Hall–Kier alpha value is -1.74. The number of primary sulfonamides is 1. The van der Waals surface area contributed by atoms with Crippen LogP contribution in [0.5, 0.6) is 0 Å². The highest BCUT2D eigenvalue weighted by Crippen LogP contribution is 2.38. The van der Waals surface area contributed by atoms with Crippen LogP contribution in [0.15, 0.2) is 23.2 Å². The Morgan fingerprint density at radius 2 is 1.96 bits per heavy atom. The summed E-state index contributed by atoms with van der Waals surface area (Å²) in [7, 11) is -3.96. The van der Waals surface area contributed by atoms with Crippen LogP contribution in [-0.4, -0.2) is 31.5 Å². The molecule has 0 amide bonds. The Balaban J connectivity index is 2.22. The number of nitrogens with zero attached hydrogens (tertiary/aromatic N) is 2. The zero-order chi connectivity index (χ0) is 18.2. The van der Waals surface area contributed by atoms with Crippen molar-refractivity contribution in [3.63, 3.8) is 0 Å². The number of piperidine rings is 1. The summed E-state index contributed by atoms with van der Waals surface area (Å²) in [5.41, 5.74) is 8.43. The van der Waals surface area contributed by atoms with Gasteiger partial charge in [-0.1, -0.05) is 11.6 Å². The minimum atomic E-state index is -3.96. The summed E-state index contributed by atoms with van der Waals surface area (Å²) in [6.07, 6.45) is 3.34.